The molecular formula is C9H11N3O2. The van der Waals surface area contributed by atoms with E-state index in [-0.39, 0.29) is 0 Å². The first-order valence-corrected chi connectivity index (χ1v) is 4.27. The van der Waals surface area contributed by atoms with Crippen LogP contribution in [0.25, 0.3) is 5.65 Å². The molecule has 0 amide bonds. The summed E-state index contributed by atoms with van der Waals surface area (Å²) in [5.74, 6) is 0.566. The van der Waals surface area contributed by atoms with Gasteiger partial charge in [-0.15, -0.1) is 0 Å². The molecule has 2 rings (SSSR count). The molecule has 0 saturated heterocycles. The fraction of sp³-hybridized carbons (Fsp3) is 0.333. The standard InChI is InChI=1S/C9H11N3O2/c1-6(13)7-3-11-8-4-10-5-9(14-2)12(7)8/h3-6,13H,1-2H3. The monoisotopic (exact) mass is 193 g/mol. The summed E-state index contributed by atoms with van der Waals surface area (Å²) < 4.78 is 6.86. The van der Waals surface area contributed by atoms with Crippen molar-refractivity contribution < 1.29 is 9.84 Å². The minimum Gasteiger partial charge on any atom is -0.481 e. The lowest BCUT2D eigenvalue weighted by Gasteiger charge is -2.07. The smallest absolute Gasteiger partial charge is 0.218 e. The number of methoxy groups -OCH3 is 1. The van der Waals surface area contributed by atoms with Crippen LogP contribution in [0, 0.1) is 0 Å². The molecule has 0 aromatic carbocycles. The first-order chi connectivity index (χ1) is 6.74. The maximum Gasteiger partial charge on any atom is 0.218 e. The number of rotatable bonds is 2. The van der Waals surface area contributed by atoms with Crippen LogP contribution >= 0.6 is 0 Å². The Hall–Kier alpha value is -1.62. The van der Waals surface area contributed by atoms with Gasteiger partial charge in [-0.05, 0) is 6.92 Å². The summed E-state index contributed by atoms with van der Waals surface area (Å²) >= 11 is 0. The van der Waals surface area contributed by atoms with Gasteiger partial charge in [0.15, 0.2) is 5.65 Å². The van der Waals surface area contributed by atoms with Gasteiger partial charge in [-0.25, -0.2) is 4.98 Å². The second-order valence-corrected chi connectivity index (χ2v) is 3.00. The number of aromatic nitrogens is 3. The van der Waals surface area contributed by atoms with Crippen LogP contribution in [-0.2, 0) is 0 Å². The zero-order valence-corrected chi connectivity index (χ0v) is 8.01. The van der Waals surface area contributed by atoms with Crippen molar-refractivity contribution in [2.45, 2.75) is 13.0 Å². The van der Waals surface area contributed by atoms with Gasteiger partial charge >= 0.3 is 0 Å². The van der Waals surface area contributed by atoms with Gasteiger partial charge < -0.3 is 9.84 Å². The topological polar surface area (TPSA) is 59.7 Å². The number of imidazole rings is 1. The van der Waals surface area contributed by atoms with Gasteiger partial charge in [-0.3, -0.25) is 9.38 Å². The van der Waals surface area contributed by atoms with E-state index in [1.54, 1.807) is 37.0 Å². The Kier molecular flexibility index (Phi) is 2.09. The highest BCUT2D eigenvalue weighted by Gasteiger charge is 2.11. The van der Waals surface area contributed by atoms with Crippen LogP contribution in [0.4, 0.5) is 0 Å². The molecule has 1 atom stereocenters. The van der Waals surface area contributed by atoms with Crippen LogP contribution in [0.2, 0.25) is 0 Å². The van der Waals surface area contributed by atoms with E-state index in [2.05, 4.69) is 9.97 Å². The van der Waals surface area contributed by atoms with E-state index in [9.17, 15) is 5.11 Å². The highest BCUT2D eigenvalue weighted by molar-refractivity contribution is 5.41. The lowest BCUT2D eigenvalue weighted by atomic mass is 10.3. The molecule has 1 N–H and O–H groups in total. The van der Waals surface area contributed by atoms with Gasteiger partial charge in [0.2, 0.25) is 5.88 Å². The Morgan fingerprint density at radius 3 is 2.86 bits per heavy atom. The zero-order chi connectivity index (χ0) is 10.1. The van der Waals surface area contributed by atoms with Crippen LogP contribution < -0.4 is 4.74 Å². The van der Waals surface area contributed by atoms with E-state index in [0.29, 0.717) is 17.2 Å². The highest BCUT2D eigenvalue weighted by atomic mass is 16.5. The Bertz CT molecular complexity index is 450. The van der Waals surface area contributed by atoms with Crippen molar-refractivity contribution in [3.8, 4) is 5.88 Å². The molecule has 0 aliphatic heterocycles. The molecule has 2 aromatic rings. The van der Waals surface area contributed by atoms with Crippen LogP contribution in [0.5, 0.6) is 5.88 Å². The highest BCUT2D eigenvalue weighted by Crippen LogP contribution is 2.19. The predicted molar refractivity (Wildman–Crippen MR) is 50.2 cm³/mol. The molecule has 5 nitrogen and oxygen atoms in total. The van der Waals surface area contributed by atoms with Gasteiger partial charge in [0.1, 0.15) is 0 Å². The van der Waals surface area contributed by atoms with Crippen LogP contribution in [0.15, 0.2) is 18.6 Å². The maximum atomic E-state index is 9.49. The van der Waals surface area contributed by atoms with E-state index < -0.39 is 6.10 Å². The summed E-state index contributed by atoms with van der Waals surface area (Å²) in [5, 5.41) is 9.49. The Balaban J connectivity index is 2.74. The van der Waals surface area contributed by atoms with E-state index >= 15 is 0 Å². The zero-order valence-electron chi connectivity index (χ0n) is 8.01. The molecule has 5 heteroatoms. The average molecular weight is 193 g/mol. The normalized spacial score (nSPS) is 13.1. The fourth-order valence-electron chi connectivity index (χ4n) is 1.38. The molecule has 14 heavy (non-hydrogen) atoms. The number of hydrogen-bond acceptors (Lipinski definition) is 4. The molecule has 2 aromatic heterocycles. The second-order valence-electron chi connectivity index (χ2n) is 3.00. The molecule has 0 spiro atoms. The summed E-state index contributed by atoms with van der Waals surface area (Å²) in [6.45, 7) is 1.68. The lowest BCUT2D eigenvalue weighted by Crippen LogP contribution is -2.01. The minimum absolute atomic E-state index is 0.566. The minimum atomic E-state index is -0.582. The van der Waals surface area contributed by atoms with Crippen molar-refractivity contribution in [1.29, 1.82) is 0 Å². The van der Waals surface area contributed by atoms with Crippen LogP contribution in [0.3, 0.4) is 0 Å². The molecule has 0 radical (unpaired) electrons. The summed E-state index contributed by atoms with van der Waals surface area (Å²) in [6, 6.07) is 0. The molecule has 0 aliphatic rings. The Labute approximate surface area is 81.0 Å². The van der Waals surface area contributed by atoms with E-state index in [1.165, 1.54) is 0 Å². The molecule has 1 unspecified atom stereocenters. The van der Waals surface area contributed by atoms with Gasteiger partial charge in [0.05, 0.1) is 37.5 Å². The van der Waals surface area contributed by atoms with Gasteiger partial charge in [0.25, 0.3) is 0 Å². The summed E-state index contributed by atoms with van der Waals surface area (Å²) in [6.07, 6.45) is 4.24. The van der Waals surface area contributed by atoms with Crippen molar-refractivity contribution in [2.24, 2.45) is 0 Å². The third-order valence-electron chi connectivity index (χ3n) is 2.05. The van der Waals surface area contributed by atoms with Crippen molar-refractivity contribution >= 4 is 5.65 Å². The molecule has 0 saturated carbocycles. The van der Waals surface area contributed by atoms with Gasteiger partial charge in [-0.1, -0.05) is 0 Å². The largest absolute Gasteiger partial charge is 0.481 e. The third kappa shape index (κ3) is 1.22. The number of aliphatic hydroxyl groups excluding tert-OH is 1. The molecular weight excluding hydrogens is 182 g/mol. The third-order valence-corrected chi connectivity index (χ3v) is 2.05. The first kappa shape index (κ1) is 8.96. The number of hydrogen-bond donors (Lipinski definition) is 1. The van der Waals surface area contributed by atoms with Crippen LogP contribution in [0.1, 0.15) is 18.7 Å². The van der Waals surface area contributed by atoms with Gasteiger partial charge in [-0.2, -0.15) is 0 Å². The van der Waals surface area contributed by atoms with Crippen molar-refractivity contribution in [3.05, 3.63) is 24.3 Å². The summed E-state index contributed by atoms with van der Waals surface area (Å²) in [4.78, 5) is 8.08. The SMILES string of the molecule is COc1cncc2ncc(C(C)O)n12. The number of nitrogens with zero attached hydrogens (tertiary/aromatic N) is 3. The summed E-state index contributed by atoms with van der Waals surface area (Å²) in [7, 11) is 1.56. The van der Waals surface area contributed by atoms with Crippen molar-refractivity contribution in [1.82, 2.24) is 14.4 Å². The quantitative estimate of drug-likeness (QED) is 0.766. The fourth-order valence-corrected chi connectivity index (χ4v) is 1.38. The van der Waals surface area contributed by atoms with Crippen molar-refractivity contribution in [3.63, 3.8) is 0 Å². The van der Waals surface area contributed by atoms with Crippen LogP contribution in [-0.4, -0.2) is 26.6 Å². The van der Waals surface area contributed by atoms with E-state index in [0.717, 1.165) is 0 Å². The molecule has 0 aliphatic carbocycles. The average Bonchev–Trinajstić information content (AvgIpc) is 2.60. The van der Waals surface area contributed by atoms with Crippen molar-refractivity contribution in [2.75, 3.05) is 7.11 Å². The predicted octanol–water partition coefficient (Wildman–Crippen LogP) is 0.791. The molecule has 2 heterocycles. The van der Waals surface area contributed by atoms with Gasteiger partial charge in [0, 0.05) is 0 Å². The number of aliphatic hydroxyl groups is 1. The number of ether oxygens (including phenoxy) is 1. The number of fused-ring (bicyclic) bond motifs is 1. The first-order valence-electron chi connectivity index (χ1n) is 4.27. The summed E-state index contributed by atoms with van der Waals surface area (Å²) in [5.41, 5.74) is 1.36. The second kappa shape index (κ2) is 3.26. The Morgan fingerprint density at radius 1 is 1.43 bits per heavy atom. The molecule has 0 bridgehead atoms. The maximum absolute atomic E-state index is 9.49. The Morgan fingerprint density at radius 2 is 2.21 bits per heavy atom. The molecule has 0 fully saturated rings. The molecule has 74 valence electrons. The van der Waals surface area contributed by atoms with E-state index in [4.69, 9.17) is 4.74 Å². The lowest BCUT2D eigenvalue weighted by molar-refractivity contribution is 0.192. The van der Waals surface area contributed by atoms with E-state index in [1.807, 2.05) is 0 Å².